The van der Waals surface area contributed by atoms with Gasteiger partial charge in [-0.05, 0) is 96.7 Å². The number of hydrogen-bond donors (Lipinski definition) is 0. The lowest BCUT2D eigenvalue weighted by molar-refractivity contribution is 0.143. The molecular weight excluding hydrogens is 468 g/mol. The van der Waals surface area contributed by atoms with Crippen molar-refractivity contribution >= 4 is 0 Å². The van der Waals surface area contributed by atoms with Gasteiger partial charge in [-0.25, -0.2) is 0 Å². The van der Waals surface area contributed by atoms with Crippen molar-refractivity contribution in [3.63, 3.8) is 0 Å². The van der Waals surface area contributed by atoms with Gasteiger partial charge in [0.1, 0.15) is 0 Å². The summed E-state index contributed by atoms with van der Waals surface area (Å²) in [6.07, 6.45) is 21.9. The molecule has 39 heavy (non-hydrogen) atoms. The molecule has 3 rings (SSSR count). The molecule has 0 aromatic carbocycles. The Balaban J connectivity index is 0.000000494. The second-order valence-corrected chi connectivity index (χ2v) is 17.3. The third-order valence-electron chi connectivity index (χ3n) is 10.9. The molecule has 2 atom stereocenters. The molecule has 0 N–H and O–H groups in total. The molecule has 3 saturated carbocycles. The largest absolute Gasteiger partial charge is 0.0628 e. The quantitative estimate of drug-likeness (QED) is 0.320. The van der Waals surface area contributed by atoms with Gasteiger partial charge >= 0.3 is 0 Å². The standard InChI is InChI=1S/3C10H20.C9H20/c1-8(2)10-6-4-9(3)5-7-10;1-9(2)10(3)7-5-4-6-8-10;1-8(2)10-7-5-4-6-9(10)3;1-8(2)6-7-9(3,4)5/h8-10H,4-7H2,1-3H3;9H,4-8H2,1-3H3;8-10H,4-7H2,1-3H3;8H,6-7H2,1-5H3. The van der Waals surface area contributed by atoms with Gasteiger partial charge in [0.25, 0.3) is 0 Å². The van der Waals surface area contributed by atoms with Crippen LogP contribution in [0.2, 0.25) is 0 Å². The maximum Gasteiger partial charge on any atom is -0.0303 e. The molecule has 3 aliphatic carbocycles. The Morgan fingerprint density at radius 2 is 1.15 bits per heavy atom. The Hall–Kier alpha value is 0. The van der Waals surface area contributed by atoms with E-state index in [1.165, 1.54) is 96.3 Å². The van der Waals surface area contributed by atoms with E-state index < -0.39 is 0 Å². The van der Waals surface area contributed by atoms with Crippen molar-refractivity contribution in [2.24, 2.45) is 58.2 Å². The van der Waals surface area contributed by atoms with Gasteiger partial charge in [-0.2, -0.15) is 0 Å². The van der Waals surface area contributed by atoms with Crippen LogP contribution in [0.4, 0.5) is 0 Å². The van der Waals surface area contributed by atoms with Gasteiger partial charge in [-0.1, -0.05) is 155 Å². The van der Waals surface area contributed by atoms with E-state index in [1.807, 2.05) is 0 Å². The Bertz CT molecular complexity index is 545. The Labute approximate surface area is 251 Å². The van der Waals surface area contributed by atoms with Crippen LogP contribution < -0.4 is 0 Å². The summed E-state index contributed by atoms with van der Waals surface area (Å²) in [6.45, 7) is 32.9. The summed E-state index contributed by atoms with van der Waals surface area (Å²) in [5, 5.41) is 0. The molecule has 3 fully saturated rings. The van der Waals surface area contributed by atoms with E-state index in [1.54, 1.807) is 0 Å². The molecule has 0 radical (unpaired) electrons. The summed E-state index contributed by atoms with van der Waals surface area (Å²) in [6, 6.07) is 0. The van der Waals surface area contributed by atoms with Crippen molar-refractivity contribution in [2.75, 3.05) is 0 Å². The van der Waals surface area contributed by atoms with Crippen LogP contribution in [0.5, 0.6) is 0 Å². The molecule has 3 aliphatic rings. The highest BCUT2D eigenvalue weighted by Crippen LogP contribution is 2.41. The Kier molecular flexibility index (Phi) is 20.0. The van der Waals surface area contributed by atoms with Crippen molar-refractivity contribution in [2.45, 2.75) is 193 Å². The topological polar surface area (TPSA) is 0 Å². The van der Waals surface area contributed by atoms with Crippen LogP contribution in [-0.4, -0.2) is 0 Å². The van der Waals surface area contributed by atoms with Crippen molar-refractivity contribution in [3.8, 4) is 0 Å². The van der Waals surface area contributed by atoms with E-state index in [-0.39, 0.29) is 0 Å². The molecular formula is C39H80. The molecule has 0 heterocycles. The van der Waals surface area contributed by atoms with Crippen LogP contribution in [0.3, 0.4) is 0 Å². The van der Waals surface area contributed by atoms with Gasteiger partial charge in [0, 0.05) is 0 Å². The maximum atomic E-state index is 2.46. The highest BCUT2D eigenvalue weighted by molar-refractivity contribution is 4.80. The molecule has 0 aliphatic heterocycles. The third kappa shape index (κ3) is 18.9. The first-order valence-electron chi connectivity index (χ1n) is 18.0. The third-order valence-corrected chi connectivity index (χ3v) is 10.9. The summed E-state index contributed by atoms with van der Waals surface area (Å²) in [7, 11) is 0. The van der Waals surface area contributed by atoms with E-state index in [4.69, 9.17) is 0 Å². The molecule has 0 aromatic heterocycles. The van der Waals surface area contributed by atoms with Crippen LogP contribution in [-0.2, 0) is 0 Å². The zero-order chi connectivity index (χ0) is 30.2. The van der Waals surface area contributed by atoms with Crippen molar-refractivity contribution in [3.05, 3.63) is 0 Å². The van der Waals surface area contributed by atoms with Crippen LogP contribution >= 0.6 is 0 Å². The van der Waals surface area contributed by atoms with Crippen LogP contribution in [0.1, 0.15) is 193 Å². The smallest absolute Gasteiger partial charge is 0.0303 e. The van der Waals surface area contributed by atoms with Crippen LogP contribution in [0.25, 0.3) is 0 Å². The first-order chi connectivity index (χ1) is 18.0. The molecule has 0 heteroatoms. The van der Waals surface area contributed by atoms with Crippen molar-refractivity contribution in [1.82, 2.24) is 0 Å². The lowest BCUT2D eigenvalue weighted by atomic mass is 9.69. The summed E-state index contributed by atoms with van der Waals surface area (Å²) in [5.41, 5.74) is 1.21. The van der Waals surface area contributed by atoms with E-state index in [2.05, 4.69) is 96.9 Å². The van der Waals surface area contributed by atoms with Gasteiger partial charge in [-0.3, -0.25) is 0 Å². The first-order valence-corrected chi connectivity index (χ1v) is 18.0. The van der Waals surface area contributed by atoms with Gasteiger partial charge in [0.15, 0.2) is 0 Å². The first kappa shape index (κ1) is 39.0. The normalized spacial score (nSPS) is 27.2. The zero-order valence-corrected chi connectivity index (χ0v) is 30.2. The SMILES string of the molecule is CC(C)C1(C)CCCCC1.CC(C)C1CCCCC1C.CC(C)CCC(C)(C)C.CC1CCC(C(C)C)CC1. The second kappa shape index (κ2) is 20.0. The Morgan fingerprint density at radius 3 is 1.46 bits per heavy atom. The molecule has 0 bridgehead atoms. The van der Waals surface area contributed by atoms with Crippen LogP contribution in [0, 0.1) is 58.2 Å². The summed E-state index contributed by atoms with van der Waals surface area (Å²) < 4.78 is 0. The Morgan fingerprint density at radius 1 is 0.641 bits per heavy atom. The number of rotatable bonds is 5. The summed E-state index contributed by atoms with van der Waals surface area (Å²) in [4.78, 5) is 0. The minimum atomic E-state index is 0.532. The average Bonchev–Trinajstić information content (AvgIpc) is 2.84. The average molecular weight is 549 g/mol. The monoisotopic (exact) mass is 549 g/mol. The molecule has 236 valence electrons. The maximum absolute atomic E-state index is 2.46. The van der Waals surface area contributed by atoms with Gasteiger partial charge in [0.2, 0.25) is 0 Å². The van der Waals surface area contributed by atoms with E-state index in [0.29, 0.717) is 10.8 Å². The molecule has 0 spiro atoms. The summed E-state index contributed by atoms with van der Waals surface area (Å²) >= 11 is 0. The fourth-order valence-electron chi connectivity index (χ4n) is 6.95. The fourth-order valence-corrected chi connectivity index (χ4v) is 6.95. The van der Waals surface area contributed by atoms with E-state index in [9.17, 15) is 0 Å². The van der Waals surface area contributed by atoms with Gasteiger partial charge in [-0.15, -0.1) is 0 Å². The molecule has 0 nitrogen and oxygen atoms in total. The predicted molar refractivity (Wildman–Crippen MR) is 181 cm³/mol. The van der Waals surface area contributed by atoms with Gasteiger partial charge < -0.3 is 0 Å². The zero-order valence-electron chi connectivity index (χ0n) is 30.2. The molecule has 0 amide bonds. The summed E-state index contributed by atoms with van der Waals surface area (Å²) in [5.74, 6) is 7.65. The molecule has 2 unspecified atom stereocenters. The van der Waals surface area contributed by atoms with Crippen molar-refractivity contribution < 1.29 is 0 Å². The predicted octanol–water partition coefficient (Wildman–Crippen LogP) is 14.0. The van der Waals surface area contributed by atoms with Crippen molar-refractivity contribution in [1.29, 1.82) is 0 Å². The van der Waals surface area contributed by atoms with Gasteiger partial charge in [0.05, 0.1) is 0 Å². The van der Waals surface area contributed by atoms with E-state index in [0.717, 1.165) is 47.3 Å². The molecule has 0 saturated heterocycles. The minimum absolute atomic E-state index is 0.532. The highest BCUT2D eigenvalue weighted by Gasteiger charge is 2.29. The molecule has 0 aromatic rings. The lowest BCUT2D eigenvalue weighted by Gasteiger charge is -2.37. The fraction of sp³-hybridized carbons (Fsp3) is 1.00. The van der Waals surface area contributed by atoms with Crippen LogP contribution in [0.15, 0.2) is 0 Å². The highest BCUT2D eigenvalue weighted by atomic mass is 14.3. The number of hydrogen-bond acceptors (Lipinski definition) is 0. The second-order valence-electron chi connectivity index (χ2n) is 17.3. The van der Waals surface area contributed by atoms with E-state index >= 15 is 0 Å². The minimum Gasteiger partial charge on any atom is -0.0628 e. The lowest BCUT2D eigenvalue weighted by Crippen LogP contribution is -2.25.